The Bertz CT molecular complexity index is 1920. The Morgan fingerprint density at radius 1 is 0.980 bits per heavy atom. The van der Waals surface area contributed by atoms with Crippen molar-refractivity contribution in [2.45, 2.75) is 64.5 Å². The fourth-order valence-corrected chi connectivity index (χ4v) is 5.91. The van der Waals surface area contributed by atoms with Gasteiger partial charge in [0.2, 0.25) is 0 Å². The monoisotopic (exact) mass is 730 g/mol. The molecule has 0 saturated carbocycles. The Kier molecular flexibility index (Phi) is 12.8. The van der Waals surface area contributed by atoms with Gasteiger partial charge in [-0.05, 0) is 93.8 Å². The van der Waals surface area contributed by atoms with E-state index in [1.165, 1.54) is 54.6 Å². The van der Waals surface area contributed by atoms with Crippen LogP contribution >= 0.6 is 23.2 Å². The topological polar surface area (TPSA) is 181 Å². The van der Waals surface area contributed by atoms with E-state index in [0.717, 1.165) is 0 Å². The maximum atomic E-state index is 13.3. The van der Waals surface area contributed by atoms with Crippen LogP contribution in [0.1, 0.15) is 68.1 Å². The average Bonchev–Trinajstić information content (AvgIpc) is 3.01. The first-order valence-electron chi connectivity index (χ1n) is 15.0. The quantitative estimate of drug-likeness (QED) is 0.184. The molecule has 3 N–H and O–H groups in total. The summed E-state index contributed by atoms with van der Waals surface area (Å²) >= 11 is 12.2. The number of carbonyl (C=O) groups is 4. The van der Waals surface area contributed by atoms with Crippen LogP contribution in [0.2, 0.25) is 10.0 Å². The molecule has 0 spiro atoms. The summed E-state index contributed by atoms with van der Waals surface area (Å²) in [4.78, 5) is 51.2. The summed E-state index contributed by atoms with van der Waals surface area (Å²) in [6.45, 7) is 9.48. The Morgan fingerprint density at radius 2 is 1.67 bits per heavy atom. The van der Waals surface area contributed by atoms with E-state index in [1.807, 2.05) is 10.8 Å². The highest BCUT2D eigenvalue weighted by molar-refractivity contribution is 7.90. The molecule has 2 atom stereocenters. The Morgan fingerprint density at radius 3 is 2.29 bits per heavy atom. The van der Waals surface area contributed by atoms with Crippen molar-refractivity contribution in [1.82, 2.24) is 10.0 Å². The molecule has 0 saturated heterocycles. The highest BCUT2D eigenvalue weighted by atomic mass is 35.5. The van der Waals surface area contributed by atoms with Gasteiger partial charge in [0.05, 0.1) is 22.1 Å². The van der Waals surface area contributed by atoms with Gasteiger partial charge in [-0.1, -0.05) is 43.5 Å². The summed E-state index contributed by atoms with van der Waals surface area (Å²) in [5.41, 5.74) is 0.131. The van der Waals surface area contributed by atoms with Crippen molar-refractivity contribution in [2.75, 3.05) is 11.9 Å². The highest BCUT2D eigenvalue weighted by Crippen LogP contribution is 2.28. The first kappa shape index (κ1) is 38.8. The van der Waals surface area contributed by atoms with Gasteiger partial charge in [-0.2, -0.15) is 5.26 Å². The Hall–Kier alpha value is -4.64. The van der Waals surface area contributed by atoms with Crippen LogP contribution in [-0.4, -0.2) is 50.4 Å². The molecule has 3 rings (SSSR count). The fourth-order valence-electron chi connectivity index (χ4n) is 4.41. The molecule has 0 aliphatic heterocycles. The number of alkyl carbamates (subject to hydrolysis) is 1. The number of nitriles is 1. The lowest BCUT2D eigenvalue weighted by Crippen LogP contribution is -2.52. The number of carbonyl (C=O) groups excluding carboxylic acids is 4. The Balaban J connectivity index is 1.71. The third-order valence-electron chi connectivity index (χ3n) is 7.02. The number of benzene rings is 3. The summed E-state index contributed by atoms with van der Waals surface area (Å²) in [7, 11) is -4.38. The third-order valence-corrected chi connectivity index (χ3v) is 8.82. The van der Waals surface area contributed by atoms with Gasteiger partial charge in [-0.25, -0.2) is 17.9 Å². The minimum Gasteiger partial charge on any atom is -0.483 e. The fraction of sp³-hybridized carbons (Fsp3) is 0.324. The van der Waals surface area contributed by atoms with Crippen LogP contribution in [0.3, 0.4) is 0 Å². The average molecular weight is 732 g/mol. The van der Waals surface area contributed by atoms with Gasteiger partial charge in [-0.15, -0.1) is 0 Å². The number of hydrogen-bond donors (Lipinski definition) is 3. The van der Waals surface area contributed by atoms with Crippen LogP contribution in [0.4, 0.5) is 10.5 Å². The number of nitrogens with zero attached hydrogens (tertiary/aromatic N) is 1. The maximum absolute atomic E-state index is 13.3. The van der Waals surface area contributed by atoms with Crippen LogP contribution < -0.4 is 20.1 Å². The number of rotatable bonds is 12. The predicted octanol–water partition coefficient (Wildman–Crippen LogP) is 6.17. The van der Waals surface area contributed by atoms with Gasteiger partial charge in [0.15, 0.2) is 12.4 Å². The van der Waals surface area contributed by atoms with Gasteiger partial charge in [-0.3, -0.25) is 14.4 Å². The van der Waals surface area contributed by atoms with E-state index in [2.05, 4.69) is 10.6 Å². The third kappa shape index (κ3) is 10.9. The molecule has 0 unspecified atom stereocenters. The van der Waals surface area contributed by atoms with E-state index < -0.39 is 57.9 Å². The summed E-state index contributed by atoms with van der Waals surface area (Å²) in [5, 5.41) is 14.7. The molecule has 0 fully saturated rings. The molecule has 3 amide bonds. The second-order valence-electron chi connectivity index (χ2n) is 12.1. The van der Waals surface area contributed by atoms with E-state index >= 15 is 0 Å². The van der Waals surface area contributed by atoms with Crippen molar-refractivity contribution < 1.29 is 37.1 Å². The van der Waals surface area contributed by atoms with E-state index in [1.54, 1.807) is 41.5 Å². The molecule has 49 heavy (non-hydrogen) atoms. The van der Waals surface area contributed by atoms with Gasteiger partial charge < -0.3 is 20.1 Å². The number of ketones is 1. The SMILES string of the molecule is CC[C@H](C)[C@H](NC(=O)OC(C)(C)C)C(=O)NS(=O)(=O)c1ccc(NC(=O)COc2ccc(Cl)cc2C(=O)c2cc(Cl)cc(C#N)c2)c(C)c1. The number of aryl methyl sites for hydroxylation is 1. The molecule has 0 aliphatic rings. The zero-order valence-electron chi connectivity index (χ0n) is 27.6. The van der Waals surface area contributed by atoms with Crippen LogP contribution in [0.15, 0.2) is 59.5 Å². The van der Waals surface area contributed by atoms with Crippen LogP contribution in [0.25, 0.3) is 0 Å². The van der Waals surface area contributed by atoms with Crippen molar-refractivity contribution in [2.24, 2.45) is 5.92 Å². The highest BCUT2D eigenvalue weighted by Gasteiger charge is 2.31. The summed E-state index contributed by atoms with van der Waals surface area (Å²) < 4.78 is 39.2. The molecule has 260 valence electrons. The van der Waals surface area contributed by atoms with Gasteiger partial charge in [0.1, 0.15) is 17.4 Å². The van der Waals surface area contributed by atoms with Crippen molar-refractivity contribution in [3.63, 3.8) is 0 Å². The second-order valence-corrected chi connectivity index (χ2v) is 14.7. The lowest BCUT2D eigenvalue weighted by atomic mass is 9.99. The van der Waals surface area contributed by atoms with Crippen LogP contribution in [0, 0.1) is 24.2 Å². The van der Waals surface area contributed by atoms with E-state index in [9.17, 15) is 32.9 Å². The van der Waals surface area contributed by atoms with Gasteiger partial charge in [0.25, 0.3) is 21.8 Å². The second kappa shape index (κ2) is 16.2. The largest absolute Gasteiger partial charge is 0.483 e. The normalized spacial score (nSPS) is 12.6. The van der Waals surface area contributed by atoms with Crippen molar-refractivity contribution in [1.29, 1.82) is 5.26 Å². The maximum Gasteiger partial charge on any atom is 0.408 e. The predicted molar refractivity (Wildman–Crippen MR) is 184 cm³/mol. The number of hydrogen-bond acceptors (Lipinski definition) is 9. The first-order valence-corrected chi connectivity index (χ1v) is 17.2. The summed E-state index contributed by atoms with van der Waals surface area (Å²) in [6, 6.07) is 13.0. The Labute approximate surface area is 295 Å². The number of halogens is 2. The van der Waals surface area contributed by atoms with Gasteiger partial charge >= 0.3 is 6.09 Å². The standard InChI is InChI=1S/C34H36Cl2N4O8S/c1-7-19(2)30(39-33(44)48-34(4,5)6)32(43)40-49(45,46)25-9-10-27(20(3)12-25)38-29(41)18-47-28-11-8-23(35)16-26(28)31(42)22-13-21(17-37)14-24(36)15-22/h8-16,19,30H,7,18H2,1-6H3,(H,38,41)(H,39,44)(H,40,43)/t19-,30-/m0/s1. The first-order chi connectivity index (χ1) is 22.8. The summed E-state index contributed by atoms with van der Waals surface area (Å²) in [5.74, 6) is -2.46. The van der Waals surface area contributed by atoms with E-state index in [4.69, 9.17) is 32.7 Å². The van der Waals surface area contributed by atoms with Crippen LogP contribution in [0.5, 0.6) is 5.75 Å². The minimum atomic E-state index is -4.38. The number of sulfonamides is 1. The van der Waals surface area contributed by atoms with E-state index in [0.29, 0.717) is 12.0 Å². The zero-order valence-corrected chi connectivity index (χ0v) is 30.0. The molecule has 0 heterocycles. The molecule has 0 aliphatic carbocycles. The van der Waals surface area contributed by atoms with Crippen molar-refractivity contribution in [3.8, 4) is 11.8 Å². The molecule has 0 bridgehead atoms. The smallest absolute Gasteiger partial charge is 0.408 e. The van der Waals surface area contributed by atoms with Crippen molar-refractivity contribution >= 4 is 62.6 Å². The molecule has 3 aromatic rings. The van der Waals surface area contributed by atoms with Crippen molar-refractivity contribution in [3.05, 3.63) is 86.9 Å². The van der Waals surface area contributed by atoms with E-state index in [-0.39, 0.29) is 43.1 Å². The molecular weight excluding hydrogens is 695 g/mol. The van der Waals surface area contributed by atoms with Crippen LogP contribution in [-0.2, 0) is 24.3 Å². The zero-order chi connectivity index (χ0) is 36.7. The number of anilines is 1. The van der Waals surface area contributed by atoms with Gasteiger partial charge in [0, 0.05) is 21.3 Å². The molecule has 15 heteroatoms. The molecular formula is C34H36Cl2N4O8S. The number of ether oxygens (including phenoxy) is 2. The molecule has 3 aromatic carbocycles. The molecule has 0 aromatic heterocycles. The number of amides is 3. The lowest BCUT2D eigenvalue weighted by molar-refractivity contribution is -0.122. The summed E-state index contributed by atoms with van der Waals surface area (Å²) in [6.07, 6.45) is -0.397. The molecule has 12 nitrogen and oxygen atoms in total. The molecule has 0 radical (unpaired) electrons. The minimum absolute atomic E-state index is 0.0381. The number of nitrogens with one attached hydrogen (secondary N) is 3. The lowest BCUT2D eigenvalue weighted by Gasteiger charge is -2.26.